The van der Waals surface area contributed by atoms with Crippen LogP contribution in [-0.4, -0.2) is 9.97 Å². The molecule has 26 heavy (non-hydrogen) atoms. The lowest BCUT2D eigenvalue weighted by atomic mass is 10.0. The van der Waals surface area contributed by atoms with E-state index in [1.165, 1.54) is 16.7 Å². The van der Waals surface area contributed by atoms with Crippen LogP contribution in [0.3, 0.4) is 0 Å². The van der Waals surface area contributed by atoms with Gasteiger partial charge in [-0.1, -0.05) is 24.3 Å². The number of hydrogen-bond acceptors (Lipinski definition) is 4. The van der Waals surface area contributed by atoms with Crippen molar-refractivity contribution >= 4 is 11.6 Å². The highest BCUT2D eigenvalue weighted by atomic mass is 14.8. The number of aromatic nitrogens is 2. The average molecular weight is 348 g/mol. The predicted octanol–water partition coefficient (Wildman–Crippen LogP) is 4.07. The molecule has 2 aromatic heterocycles. The van der Waals surface area contributed by atoms with Gasteiger partial charge in [0.05, 0.1) is 0 Å². The number of rotatable bonds is 6. The summed E-state index contributed by atoms with van der Waals surface area (Å²) in [6, 6.07) is 16.9. The minimum atomic E-state index is 0. The molecule has 0 atom stereocenters. The van der Waals surface area contributed by atoms with E-state index in [9.17, 15) is 0 Å². The van der Waals surface area contributed by atoms with Crippen molar-refractivity contribution in [2.24, 2.45) is 0 Å². The van der Waals surface area contributed by atoms with Crippen LogP contribution in [0.15, 0.2) is 48.5 Å². The molecule has 0 aliphatic rings. The van der Waals surface area contributed by atoms with Crippen LogP contribution in [-0.2, 0) is 25.7 Å². The second-order valence-corrected chi connectivity index (χ2v) is 6.92. The lowest BCUT2D eigenvalue weighted by Crippen LogP contribution is -2.00. The third-order valence-electron chi connectivity index (χ3n) is 4.47. The molecule has 0 bridgehead atoms. The van der Waals surface area contributed by atoms with Crippen molar-refractivity contribution in [1.29, 1.82) is 0 Å². The first-order chi connectivity index (χ1) is 12.5. The highest BCUT2D eigenvalue weighted by Gasteiger charge is 2.02. The first-order valence-electron chi connectivity index (χ1n) is 9.02. The first-order valence-corrected chi connectivity index (χ1v) is 9.02. The van der Waals surface area contributed by atoms with Gasteiger partial charge in [-0.3, -0.25) is 0 Å². The Kier molecular flexibility index (Phi) is 5.52. The van der Waals surface area contributed by atoms with E-state index >= 15 is 0 Å². The van der Waals surface area contributed by atoms with Crippen molar-refractivity contribution in [3.63, 3.8) is 0 Å². The standard InChI is InChI=1S/C22H26N4.H2/c1-15-11-20(26-21(23)12-15)10-9-18-5-3-17(4-6-18)7-8-19-13-16(2)25-22(24)14-19;/h3-6,11-14H,7-10H2,1-2H3,(H2,23,26)(H2,24,25);1H. The van der Waals surface area contributed by atoms with Gasteiger partial charge in [-0.05, 0) is 86.1 Å². The van der Waals surface area contributed by atoms with Crippen LogP contribution < -0.4 is 11.5 Å². The van der Waals surface area contributed by atoms with Gasteiger partial charge in [0.1, 0.15) is 11.6 Å². The summed E-state index contributed by atoms with van der Waals surface area (Å²) in [4.78, 5) is 8.63. The zero-order chi connectivity index (χ0) is 18.5. The SMILES string of the molecule is Cc1cc(N)nc(CCc2ccc(CCc3cc(C)nc(N)c3)cc2)c1.[HH]. The van der Waals surface area contributed by atoms with Crippen molar-refractivity contribution in [3.05, 3.63) is 82.2 Å². The van der Waals surface area contributed by atoms with Crippen LogP contribution in [0, 0.1) is 13.8 Å². The number of benzene rings is 1. The molecule has 3 aromatic rings. The Morgan fingerprint density at radius 1 is 0.692 bits per heavy atom. The zero-order valence-electron chi connectivity index (χ0n) is 15.5. The summed E-state index contributed by atoms with van der Waals surface area (Å²) in [5.41, 5.74) is 18.7. The number of nitrogens with two attached hydrogens (primary N) is 2. The largest absolute Gasteiger partial charge is 0.384 e. The number of nitrogen functional groups attached to an aromatic ring is 2. The molecule has 0 aliphatic heterocycles. The summed E-state index contributed by atoms with van der Waals surface area (Å²) < 4.78 is 0. The smallest absolute Gasteiger partial charge is 0.123 e. The van der Waals surface area contributed by atoms with Gasteiger partial charge in [0.25, 0.3) is 0 Å². The van der Waals surface area contributed by atoms with E-state index in [1.54, 1.807) is 0 Å². The van der Waals surface area contributed by atoms with E-state index in [-0.39, 0.29) is 1.43 Å². The molecule has 0 fully saturated rings. The van der Waals surface area contributed by atoms with Crippen molar-refractivity contribution in [1.82, 2.24) is 9.97 Å². The maximum absolute atomic E-state index is 5.83. The van der Waals surface area contributed by atoms with Crippen molar-refractivity contribution in [2.75, 3.05) is 11.5 Å². The van der Waals surface area contributed by atoms with Crippen LogP contribution in [0.1, 0.15) is 35.1 Å². The maximum Gasteiger partial charge on any atom is 0.123 e. The van der Waals surface area contributed by atoms with Gasteiger partial charge in [-0.2, -0.15) is 0 Å². The molecule has 1 aromatic carbocycles. The normalized spacial score (nSPS) is 10.8. The zero-order valence-corrected chi connectivity index (χ0v) is 15.5. The Labute approximate surface area is 156 Å². The van der Waals surface area contributed by atoms with Gasteiger partial charge >= 0.3 is 0 Å². The third kappa shape index (κ3) is 5.06. The van der Waals surface area contributed by atoms with Crippen LogP contribution in [0.2, 0.25) is 0 Å². The second-order valence-electron chi connectivity index (χ2n) is 6.92. The van der Waals surface area contributed by atoms with Crippen LogP contribution in [0.25, 0.3) is 0 Å². The number of hydrogen-bond donors (Lipinski definition) is 2. The predicted molar refractivity (Wildman–Crippen MR) is 110 cm³/mol. The molecule has 4 heteroatoms. The van der Waals surface area contributed by atoms with Gasteiger partial charge < -0.3 is 11.5 Å². The molecule has 0 aliphatic carbocycles. The molecule has 3 rings (SSSR count). The third-order valence-corrected chi connectivity index (χ3v) is 4.47. The van der Waals surface area contributed by atoms with Crippen molar-refractivity contribution < 1.29 is 1.43 Å². The highest BCUT2D eigenvalue weighted by molar-refractivity contribution is 5.36. The van der Waals surface area contributed by atoms with Gasteiger partial charge in [0.15, 0.2) is 0 Å². The molecule has 0 unspecified atom stereocenters. The van der Waals surface area contributed by atoms with Gasteiger partial charge in [-0.25, -0.2) is 9.97 Å². The molecular formula is C22H28N4. The molecule has 136 valence electrons. The Morgan fingerprint density at radius 3 is 1.88 bits per heavy atom. The molecule has 0 saturated heterocycles. The number of pyridine rings is 2. The van der Waals surface area contributed by atoms with Crippen LogP contribution in [0.4, 0.5) is 11.6 Å². The molecule has 4 nitrogen and oxygen atoms in total. The molecule has 2 heterocycles. The Hall–Kier alpha value is -2.88. The summed E-state index contributed by atoms with van der Waals surface area (Å²) in [5, 5.41) is 0. The fraction of sp³-hybridized carbons (Fsp3) is 0.273. The second kappa shape index (κ2) is 8.00. The number of nitrogens with zero attached hydrogens (tertiary/aromatic N) is 2. The van der Waals surface area contributed by atoms with E-state index < -0.39 is 0 Å². The minimum absolute atomic E-state index is 0. The maximum atomic E-state index is 5.83. The lowest BCUT2D eigenvalue weighted by Gasteiger charge is -2.07. The van der Waals surface area contributed by atoms with E-state index in [2.05, 4.69) is 46.4 Å². The highest BCUT2D eigenvalue weighted by Crippen LogP contribution is 2.14. The van der Waals surface area contributed by atoms with Crippen molar-refractivity contribution in [3.8, 4) is 0 Å². The summed E-state index contributed by atoms with van der Waals surface area (Å²) in [5.74, 6) is 1.20. The minimum Gasteiger partial charge on any atom is -0.384 e. The quantitative estimate of drug-likeness (QED) is 0.704. The first kappa shape index (κ1) is 17.9. The Balaban J connectivity index is 0.00000261. The molecule has 4 N–H and O–H groups in total. The molecular weight excluding hydrogens is 320 g/mol. The summed E-state index contributed by atoms with van der Waals surface area (Å²) in [6.45, 7) is 4.03. The average Bonchev–Trinajstić information content (AvgIpc) is 2.57. The van der Waals surface area contributed by atoms with E-state index in [1.807, 2.05) is 26.0 Å². The summed E-state index contributed by atoms with van der Waals surface area (Å²) >= 11 is 0. The topological polar surface area (TPSA) is 77.8 Å². The van der Waals surface area contributed by atoms with Crippen molar-refractivity contribution in [2.45, 2.75) is 39.5 Å². The van der Waals surface area contributed by atoms with Crippen LogP contribution in [0.5, 0.6) is 0 Å². The number of anilines is 2. The Morgan fingerprint density at radius 2 is 1.27 bits per heavy atom. The summed E-state index contributed by atoms with van der Waals surface area (Å²) in [6.07, 6.45) is 3.84. The Bertz CT molecular complexity index is 776. The summed E-state index contributed by atoms with van der Waals surface area (Å²) in [7, 11) is 0. The van der Waals surface area contributed by atoms with E-state index in [0.29, 0.717) is 11.6 Å². The monoisotopic (exact) mass is 348 g/mol. The van der Waals surface area contributed by atoms with Gasteiger partial charge in [0.2, 0.25) is 0 Å². The molecule has 0 radical (unpaired) electrons. The lowest BCUT2D eigenvalue weighted by molar-refractivity contribution is 0.907. The van der Waals surface area contributed by atoms with Crippen LogP contribution >= 0.6 is 0 Å². The van der Waals surface area contributed by atoms with Gasteiger partial charge in [0, 0.05) is 12.8 Å². The molecule has 0 saturated carbocycles. The van der Waals surface area contributed by atoms with E-state index in [4.69, 9.17) is 11.5 Å². The molecule has 0 spiro atoms. The fourth-order valence-electron chi connectivity index (χ4n) is 3.24. The van der Waals surface area contributed by atoms with E-state index in [0.717, 1.165) is 42.6 Å². The molecule has 0 amide bonds. The van der Waals surface area contributed by atoms with Gasteiger partial charge in [-0.15, -0.1) is 0 Å². The number of aryl methyl sites for hydroxylation is 6. The fourth-order valence-corrected chi connectivity index (χ4v) is 3.24.